The fraction of sp³-hybridized carbons (Fsp3) is 0.250. The number of rotatable bonds is 4. The SMILES string of the molecule is FC(F)(F)c1cc(CCOc2[c]cccc2)cc(C(F)(F)F)c1. The Morgan fingerprint density at radius 1 is 0.870 bits per heavy atom. The molecule has 1 nitrogen and oxygen atoms in total. The number of ether oxygens (including phenoxy) is 1. The standard InChI is InChI=1S/C16H11F6O/c17-15(18,19)12-8-11(9-13(10-12)16(20,21)22)6-7-23-14-4-2-1-3-5-14/h1-4,8-10H,6-7H2. The second-order valence-corrected chi connectivity index (χ2v) is 4.74. The third-order valence-corrected chi connectivity index (χ3v) is 2.98. The molecule has 0 bridgehead atoms. The van der Waals surface area contributed by atoms with Gasteiger partial charge in [-0.25, -0.2) is 0 Å². The molecule has 0 aliphatic heterocycles. The van der Waals surface area contributed by atoms with E-state index in [0.717, 1.165) is 0 Å². The molecule has 0 atom stereocenters. The van der Waals surface area contributed by atoms with E-state index in [9.17, 15) is 26.3 Å². The zero-order valence-corrected chi connectivity index (χ0v) is 11.6. The molecule has 0 fully saturated rings. The Bertz CT molecular complexity index is 614. The first-order chi connectivity index (χ1) is 10.7. The van der Waals surface area contributed by atoms with E-state index in [4.69, 9.17) is 4.74 Å². The average Bonchev–Trinajstić information content (AvgIpc) is 2.46. The van der Waals surface area contributed by atoms with Crippen LogP contribution in [0.2, 0.25) is 0 Å². The summed E-state index contributed by atoms with van der Waals surface area (Å²) in [6.45, 7) is -0.0564. The number of alkyl halides is 6. The lowest BCUT2D eigenvalue weighted by atomic mass is 10.0. The minimum Gasteiger partial charge on any atom is -0.493 e. The molecule has 0 aliphatic rings. The van der Waals surface area contributed by atoms with Crippen LogP contribution in [0.25, 0.3) is 0 Å². The number of hydrogen-bond acceptors (Lipinski definition) is 1. The zero-order valence-electron chi connectivity index (χ0n) is 11.6. The molecule has 0 amide bonds. The van der Waals surface area contributed by atoms with E-state index in [1.807, 2.05) is 0 Å². The summed E-state index contributed by atoms with van der Waals surface area (Å²) < 4.78 is 81.6. The van der Waals surface area contributed by atoms with Gasteiger partial charge in [0, 0.05) is 12.5 Å². The van der Waals surface area contributed by atoms with Gasteiger partial charge in [0.05, 0.1) is 17.7 Å². The van der Waals surface area contributed by atoms with Crippen LogP contribution in [0, 0.1) is 6.07 Å². The van der Waals surface area contributed by atoms with Gasteiger partial charge in [-0.2, -0.15) is 26.3 Å². The van der Waals surface area contributed by atoms with Gasteiger partial charge in [0.2, 0.25) is 0 Å². The van der Waals surface area contributed by atoms with Crippen molar-refractivity contribution in [3.05, 3.63) is 65.2 Å². The van der Waals surface area contributed by atoms with Crippen LogP contribution in [0.5, 0.6) is 5.75 Å². The molecule has 7 heteroatoms. The minimum absolute atomic E-state index is 0.0564. The molecule has 0 unspecified atom stereocenters. The van der Waals surface area contributed by atoms with Crippen LogP contribution < -0.4 is 4.74 Å². The summed E-state index contributed by atoms with van der Waals surface area (Å²) in [5, 5.41) is 0. The number of benzene rings is 2. The Balaban J connectivity index is 2.17. The smallest absolute Gasteiger partial charge is 0.416 e. The van der Waals surface area contributed by atoms with E-state index in [0.29, 0.717) is 17.9 Å². The summed E-state index contributed by atoms with van der Waals surface area (Å²) in [6.07, 6.45) is -9.77. The topological polar surface area (TPSA) is 9.23 Å². The third-order valence-electron chi connectivity index (χ3n) is 2.98. The van der Waals surface area contributed by atoms with E-state index >= 15 is 0 Å². The lowest BCUT2D eigenvalue weighted by Crippen LogP contribution is -2.12. The highest BCUT2D eigenvalue weighted by atomic mass is 19.4. The molecule has 2 aromatic rings. The molecule has 0 aromatic heterocycles. The van der Waals surface area contributed by atoms with Crippen molar-refractivity contribution in [1.29, 1.82) is 0 Å². The maximum Gasteiger partial charge on any atom is 0.416 e. The monoisotopic (exact) mass is 333 g/mol. The van der Waals surface area contributed by atoms with Crippen molar-refractivity contribution in [2.45, 2.75) is 18.8 Å². The maximum absolute atomic E-state index is 12.7. The van der Waals surface area contributed by atoms with Gasteiger partial charge in [0.1, 0.15) is 5.75 Å². The molecule has 123 valence electrons. The van der Waals surface area contributed by atoms with Gasteiger partial charge in [-0.1, -0.05) is 18.2 Å². The second-order valence-electron chi connectivity index (χ2n) is 4.74. The summed E-state index contributed by atoms with van der Waals surface area (Å²) in [7, 11) is 0. The average molecular weight is 333 g/mol. The summed E-state index contributed by atoms with van der Waals surface area (Å²) in [5.41, 5.74) is -2.75. The number of halogens is 6. The molecule has 23 heavy (non-hydrogen) atoms. The van der Waals surface area contributed by atoms with Gasteiger partial charge in [-0.05, 0) is 29.8 Å². The zero-order chi connectivity index (χ0) is 17.1. The van der Waals surface area contributed by atoms with Gasteiger partial charge in [-0.3, -0.25) is 0 Å². The fourth-order valence-corrected chi connectivity index (χ4v) is 1.91. The van der Waals surface area contributed by atoms with Crippen molar-refractivity contribution in [3.8, 4) is 5.75 Å². The van der Waals surface area contributed by atoms with Gasteiger partial charge in [0.25, 0.3) is 0 Å². The van der Waals surface area contributed by atoms with Crippen molar-refractivity contribution in [2.75, 3.05) is 6.61 Å². The first-order valence-corrected chi connectivity index (χ1v) is 6.54. The predicted molar refractivity (Wildman–Crippen MR) is 70.9 cm³/mol. The Hall–Kier alpha value is -2.18. The molecule has 0 N–H and O–H groups in total. The highest BCUT2D eigenvalue weighted by molar-refractivity contribution is 5.34. The van der Waals surface area contributed by atoms with Crippen LogP contribution >= 0.6 is 0 Å². The molecule has 0 heterocycles. The van der Waals surface area contributed by atoms with Crippen LogP contribution in [-0.4, -0.2) is 6.61 Å². The van der Waals surface area contributed by atoms with Crippen molar-refractivity contribution < 1.29 is 31.1 Å². The Morgan fingerprint density at radius 2 is 1.48 bits per heavy atom. The molecular weight excluding hydrogens is 322 g/mol. The Kier molecular flexibility index (Phi) is 4.87. The summed E-state index contributed by atoms with van der Waals surface area (Å²) in [5.74, 6) is 0.371. The van der Waals surface area contributed by atoms with Gasteiger partial charge in [0.15, 0.2) is 0 Å². The first-order valence-electron chi connectivity index (χ1n) is 6.54. The minimum atomic E-state index is -4.84. The van der Waals surface area contributed by atoms with Crippen molar-refractivity contribution in [1.82, 2.24) is 0 Å². The molecule has 2 rings (SSSR count). The lowest BCUT2D eigenvalue weighted by molar-refractivity contribution is -0.143. The largest absolute Gasteiger partial charge is 0.493 e. The highest BCUT2D eigenvalue weighted by Crippen LogP contribution is 2.36. The normalized spacial score (nSPS) is 12.3. The summed E-state index contributed by atoms with van der Waals surface area (Å²) >= 11 is 0. The third kappa shape index (κ3) is 4.91. The van der Waals surface area contributed by atoms with Gasteiger partial charge in [-0.15, -0.1) is 0 Å². The quantitative estimate of drug-likeness (QED) is 0.704. The first kappa shape index (κ1) is 17.2. The molecule has 0 saturated carbocycles. The van der Waals surface area contributed by atoms with Crippen molar-refractivity contribution in [2.24, 2.45) is 0 Å². The van der Waals surface area contributed by atoms with Crippen molar-refractivity contribution >= 4 is 0 Å². The molecular formula is C16H11F6O. The highest BCUT2D eigenvalue weighted by Gasteiger charge is 2.36. The molecule has 2 aromatic carbocycles. The second kappa shape index (κ2) is 6.52. The van der Waals surface area contributed by atoms with Crippen LogP contribution in [0.3, 0.4) is 0 Å². The Morgan fingerprint density at radius 3 is 1.96 bits per heavy atom. The lowest BCUT2D eigenvalue weighted by Gasteiger charge is -2.14. The molecule has 1 radical (unpaired) electrons. The van der Waals surface area contributed by atoms with Crippen LogP contribution in [0.1, 0.15) is 16.7 Å². The summed E-state index contributed by atoms with van der Waals surface area (Å²) in [4.78, 5) is 0. The van der Waals surface area contributed by atoms with E-state index in [2.05, 4.69) is 6.07 Å². The molecule has 0 spiro atoms. The van der Waals surface area contributed by atoms with E-state index in [-0.39, 0.29) is 24.7 Å². The summed E-state index contributed by atoms with van der Waals surface area (Å²) in [6, 6.07) is 10.8. The van der Waals surface area contributed by atoms with Gasteiger partial charge < -0.3 is 4.74 Å². The van der Waals surface area contributed by atoms with Gasteiger partial charge >= 0.3 is 12.4 Å². The molecule has 0 aliphatic carbocycles. The van der Waals surface area contributed by atoms with Crippen LogP contribution in [0.4, 0.5) is 26.3 Å². The number of hydrogen-bond donors (Lipinski definition) is 0. The fourth-order valence-electron chi connectivity index (χ4n) is 1.91. The maximum atomic E-state index is 12.7. The van der Waals surface area contributed by atoms with Crippen molar-refractivity contribution in [3.63, 3.8) is 0 Å². The molecule has 0 saturated heterocycles. The van der Waals surface area contributed by atoms with Crippen LogP contribution in [-0.2, 0) is 18.8 Å². The Labute approximate surface area is 128 Å². The van der Waals surface area contributed by atoms with Crippen LogP contribution in [0.15, 0.2) is 42.5 Å². The predicted octanol–water partition coefficient (Wildman–Crippen LogP) is 5.15. The van der Waals surface area contributed by atoms with E-state index in [1.54, 1.807) is 24.3 Å². The number of para-hydroxylation sites is 1. The van der Waals surface area contributed by atoms with E-state index in [1.165, 1.54) is 0 Å². The van der Waals surface area contributed by atoms with E-state index < -0.39 is 23.5 Å².